The summed E-state index contributed by atoms with van der Waals surface area (Å²) in [5.74, 6) is 0.819. The van der Waals surface area contributed by atoms with Crippen molar-refractivity contribution in [1.29, 1.82) is 0 Å². The molecule has 0 aliphatic rings. The summed E-state index contributed by atoms with van der Waals surface area (Å²) in [6.07, 6.45) is 0. The number of aromatic nitrogens is 1. The molecular weight excluding hydrogens is 324 g/mol. The van der Waals surface area contributed by atoms with E-state index in [2.05, 4.69) is 11.1 Å². The summed E-state index contributed by atoms with van der Waals surface area (Å²) in [6, 6.07) is 15.9. The van der Waals surface area contributed by atoms with Crippen LogP contribution in [0.5, 0.6) is 5.75 Å². The standard InChI is InChI=1S/C22H24N2O2/c1-15-9-10-20-18(13-15)14-19(17(3)23-20)22(25)24(4)11-12-26-21-8-6-5-7-16(21)2/h5-10,13-14H,11-12H2,1-4H3. The molecule has 0 saturated heterocycles. The highest BCUT2D eigenvalue weighted by atomic mass is 16.5. The van der Waals surface area contributed by atoms with Crippen LogP contribution in [-0.2, 0) is 0 Å². The Labute approximate surface area is 154 Å². The Morgan fingerprint density at radius 3 is 2.62 bits per heavy atom. The Kier molecular flexibility index (Phi) is 5.21. The van der Waals surface area contributed by atoms with Crippen molar-refractivity contribution in [2.45, 2.75) is 20.8 Å². The van der Waals surface area contributed by atoms with Crippen molar-refractivity contribution in [3.63, 3.8) is 0 Å². The van der Waals surface area contributed by atoms with Crippen LogP contribution in [0.1, 0.15) is 27.2 Å². The van der Waals surface area contributed by atoms with Gasteiger partial charge in [0.1, 0.15) is 12.4 Å². The van der Waals surface area contributed by atoms with E-state index in [0.717, 1.165) is 33.5 Å². The molecule has 0 fully saturated rings. The number of carbonyl (C=O) groups is 1. The molecule has 0 N–H and O–H groups in total. The van der Waals surface area contributed by atoms with Gasteiger partial charge in [0, 0.05) is 12.4 Å². The van der Waals surface area contributed by atoms with E-state index in [1.54, 1.807) is 11.9 Å². The first-order valence-electron chi connectivity index (χ1n) is 8.77. The molecule has 0 spiro atoms. The Morgan fingerprint density at radius 1 is 1.08 bits per heavy atom. The SMILES string of the molecule is Cc1ccc2nc(C)c(C(=O)N(C)CCOc3ccccc3C)cc2c1. The lowest BCUT2D eigenvalue weighted by Gasteiger charge is -2.19. The van der Waals surface area contributed by atoms with Gasteiger partial charge in [0.05, 0.1) is 23.3 Å². The van der Waals surface area contributed by atoms with Crippen LogP contribution in [0.25, 0.3) is 10.9 Å². The van der Waals surface area contributed by atoms with Gasteiger partial charge in [0.2, 0.25) is 0 Å². The maximum Gasteiger partial charge on any atom is 0.255 e. The summed E-state index contributed by atoms with van der Waals surface area (Å²) in [6.45, 7) is 6.89. The fraction of sp³-hybridized carbons (Fsp3) is 0.273. The van der Waals surface area contributed by atoms with E-state index in [9.17, 15) is 4.79 Å². The van der Waals surface area contributed by atoms with E-state index < -0.39 is 0 Å². The van der Waals surface area contributed by atoms with Gasteiger partial charge in [-0.1, -0.05) is 29.8 Å². The minimum atomic E-state index is -0.0354. The van der Waals surface area contributed by atoms with Crippen LogP contribution >= 0.6 is 0 Å². The summed E-state index contributed by atoms with van der Waals surface area (Å²) < 4.78 is 5.80. The molecule has 0 bridgehead atoms. The summed E-state index contributed by atoms with van der Waals surface area (Å²) in [4.78, 5) is 19.1. The average Bonchev–Trinajstić information content (AvgIpc) is 2.62. The van der Waals surface area contributed by atoms with Crippen LogP contribution in [0.15, 0.2) is 48.5 Å². The number of carbonyl (C=O) groups excluding carboxylic acids is 1. The largest absolute Gasteiger partial charge is 0.491 e. The molecule has 134 valence electrons. The molecule has 26 heavy (non-hydrogen) atoms. The zero-order valence-electron chi connectivity index (χ0n) is 15.7. The second-order valence-electron chi connectivity index (χ2n) is 6.66. The molecule has 2 aromatic carbocycles. The number of nitrogens with zero attached hydrogens (tertiary/aromatic N) is 2. The molecule has 0 unspecified atom stereocenters. The maximum absolute atomic E-state index is 12.8. The summed E-state index contributed by atoms with van der Waals surface area (Å²) in [5, 5.41) is 0.989. The monoisotopic (exact) mass is 348 g/mol. The third-order valence-corrected chi connectivity index (χ3v) is 4.52. The number of fused-ring (bicyclic) bond motifs is 1. The number of hydrogen-bond donors (Lipinski definition) is 0. The first-order chi connectivity index (χ1) is 12.5. The number of ether oxygens (including phenoxy) is 1. The van der Waals surface area contributed by atoms with E-state index in [0.29, 0.717) is 18.7 Å². The van der Waals surface area contributed by atoms with Gasteiger partial charge in [-0.2, -0.15) is 0 Å². The first-order valence-corrected chi connectivity index (χ1v) is 8.77. The number of hydrogen-bond acceptors (Lipinski definition) is 3. The van der Waals surface area contributed by atoms with E-state index in [-0.39, 0.29) is 5.91 Å². The fourth-order valence-corrected chi connectivity index (χ4v) is 2.93. The summed E-state index contributed by atoms with van der Waals surface area (Å²) >= 11 is 0. The van der Waals surface area contributed by atoms with E-state index in [4.69, 9.17) is 4.74 Å². The second-order valence-corrected chi connectivity index (χ2v) is 6.66. The van der Waals surface area contributed by atoms with Gasteiger partial charge >= 0.3 is 0 Å². The molecule has 0 aliphatic heterocycles. The number of benzene rings is 2. The van der Waals surface area contributed by atoms with Crippen molar-refractivity contribution in [1.82, 2.24) is 9.88 Å². The average molecular weight is 348 g/mol. The van der Waals surface area contributed by atoms with Crippen LogP contribution in [0.2, 0.25) is 0 Å². The number of rotatable bonds is 5. The predicted octanol–water partition coefficient (Wildman–Crippen LogP) is 4.31. The molecule has 0 radical (unpaired) electrons. The Hall–Kier alpha value is -2.88. The summed E-state index contributed by atoms with van der Waals surface area (Å²) in [5.41, 5.74) is 4.54. The first kappa shape index (κ1) is 17.9. The predicted molar refractivity (Wildman–Crippen MR) is 105 cm³/mol. The van der Waals surface area contributed by atoms with Crippen molar-refractivity contribution in [3.05, 3.63) is 70.9 Å². The Morgan fingerprint density at radius 2 is 1.85 bits per heavy atom. The molecular formula is C22H24N2O2. The van der Waals surface area contributed by atoms with Gasteiger partial charge in [-0.15, -0.1) is 0 Å². The van der Waals surface area contributed by atoms with E-state index in [1.807, 2.05) is 63.2 Å². The van der Waals surface area contributed by atoms with Crippen molar-refractivity contribution in [3.8, 4) is 5.75 Å². The minimum absolute atomic E-state index is 0.0354. The van der Waals surface area contributed by atoms with Gasteiger partial charge < -0.3 is 9.64 Å². The number of aryl methyl sites for hydroxylation is 3. The van der Waals surface area contributed by atoms with Gasteiger partial charge in [-0.05, 0) is 50.6 Å². The third kappa shape index (κ3) is 3.85. The van der Waals surface area contributed by atoms with Gasteiger partial charge in [-0.25, -0.2) is 0 Å². The Bertz CT molecular complexity index is 950. The quantitative estimate of drug-likeness (QED) is 0.690. The highest BCUT2D eigenvalue weighted by Crippen LogP contribution is 2.19. The third-order valence-electron chi connectivity index (χ3n) is 4.52. The van der Waals surface area contributed by atoms with Crippen molar-refractivity contribution in [2.24, 2.45) is 0 Å². The maximum atomic E-state index is 12.8. The van der Waals surface area contributed by atoms with Gasteiger partial charge in [0.15, 0.2) is 0 Å². The molecule has 1 heterocycles. The van der Waals surface area contributed by atoms with Crippen molar-refractivity contribution >= 4 is 16.8 Å². The molecule has 0 atom stereocenters. The smallest absolute Gasteiger partial charge is 0.255 e. The van der Waals surface area contributed by atoms with Gasteiger partial charge in [0.25, 0.3) is 5.91 Å². The minimum Gasteiger partial charge on any atom is -0.491 e. The molecule has 1 aromatic heterocycles. The lowest BCUT2D eigenvalue weighted by atomic mass is 10.1. The topological polar surface area (TPSA) is 42.4 Å². The van der Waals surface area contributed by atoms with Crippen LogP contribution in [-0.4, -0.2) is 36.0 Å². The summed E-state index contributed by atoms with van der Waals surface area (Å²) in [7, 11) is 1.80. The molecule has 0 aliphatic carbocycles. The highest BCUT2D eigenvalue weighted by Gasteiger charge is 2.16. The van der Waals surface area contributed by atoms with Crippen molar-refractivity contribution in [2.75, 3.05) is 20.2 Å². The van der Waals surface area contributed by atoms with Crippen molar-refractivity contribution < 1.29 is 9.53 Å². The zero-order chi connectivity index (χ0) is 18.7. The molecule has 3 rings (SSSR count). The van der Waals surface area contributed by atoms with Crippen LogP contribution < -0.4 is 4.74 Å². The molecule has 4 nitrogen and oxygen atoms in total. The number of likely N-dealkylation sites (N-methyl/N-ethyl adjacent to an activating group) is 1. The second kappa shape index (κ2) is 7.56. The fourth-order valence-electron chi connectivity index (χ4n) is 2.93. The van der Waals surface area contributed by atoms with Crippen LogP contribution in [0.3, 0.4) is 0 Å². The van der Waals surface area contributed by atoms with E-state index in [1.165, 1.54) is 0 Å². The molecule has 4 heteroatoms. The van der Waals surface area contributed by atoms with Crippen LogP contribution in [0.4, 0.5) is 0 Å². The highest BCUT2D eigenvalue weighted by molar-refractivity contribution is 5.98. The lowest BCUT2D eigenvalue weighted by Crippen LogP contribution is -2.31. The number of amides is 1. The molecule has 1 amide bonds. The normalized spacial score (nSPS) is 10.8. The van der Waals surface area contributed by atoms with Crippen LogP contribution in [0, 0.1) is 20.8 Å². The van der Waals surface area contributed by atoms with Gasteiger partial charge in [-0.3, -0.25) is 9.78 Å². The lowest BCUT2D eigenvalue weighted by molar-refractivity contribution is 0.0772. The number of pyridine rings is 1. The van der Waals surface area contributed by atoms with E-state index >= 15 is 0 Å². The molecule has 3 aromatic rings. The zero-order valence-corrected chi connectivity index (χ0v) is 15.7. The molecule has 0 saturated carbocycles. The number of para-hydroxylation sites is 1. The Balaban J connectivity index is 1.71.